The van der Waals surface area contributed by atoms with Crippen molar-refractivity contribution in [3.8, 4) is 11.8 Å². The van der Waals surface area contributed by atoms with Crippen LogP contribution in [0.2, 0.25) is 0 Å². The first-order valence-electron chi connectivity index (χ1n) is 13.1. The number of carbonyl (C=O) groups is 1. The van der Waals surface area contributed by atoms with E-state index in [1.54, 1.807) is 67.6 Å². The number of nitrogens with one attached hydrogen (secondary N) is 2. The van der Waals surface area contributed by atoms with Crippen LogP contribution in [0.5, 0.6) is 0 Å². The molecule has 5 rings (SSSR count). The molecule has 1 aliphatic carbocycles. The predicted octanol–water partition coefficient (Wildman–Crippen LogP) is 5.12. The van der Waals surface area contributed by atoms with E-state index in [1.807, 2.05) is 6.07 Å². The van der Waals surface area contributed by atoms with Gasteiger partial charge in [-0.25, -0.2) is 9.07 Å². The van der Waals surface area contributed by atoms with E-state index >= 15 is 4.39 Å². The lowest BCUT2D eigenvalue weighted by Gasteiger charge is -2.32. The minimum atomic E-state index is -0.978. The van der Waals surface area contributed by atoms with Gasteiger partial charge in [0.25, 0.3) is 5.91 Å². The molecule has 1 saturated carbocycles. The molecular weight excluding hydrogens is 505 g/mol. The molecule has 1 unspecified atom stereocenters. The van der Waals surface area contributed by atoms with Gasteiger partial charge in [-0.05, 0) is 79.3 Å². The number of amidine groups is 1. The van der Waals surface area contributed by atoms with Crippen molar-refractivity contribution in [3.63, 3.8) is 0 Å². The summed E-state index contributed by atoms with van der Waals surface area (Å²) in [5.74, 6) is -0.652. The van der Waals surface area contributed by atoms with E-state index in [0.717, 1.165) is 12.0 Å². The van der Waals surface area contributed by atoms with E-state index in [4.69, 9.17) is 16.9 Å². The quantitative estimate of drug-likeness (QED) is 0.173. The standard InChI is InChI=1S/C31H30FN7O/c1-19-14-28(39(38-19)25-7-3-5-22(16-25)29(34)35)30(40)37-27-17-24(10-11-26(27)32)31(36,13-12-20-8-9-20)23-6-2-4-21(15-23)18-33/h2-7,10-11,14-17,20H,8-9,12-13,36H2,1H3,(H3,34,35)(H,37,40). The van der Waals surface area contributed by atoms with Crippen molar-refractivity contribution in [2.75, 3.05) is 5.32 Å². The highest BCUT2D eigenvalue weighted by molar-refractivity contribution is 6.03. The Hall–Kier alpha value is -4.81. The van der Waals surface area contributed by atoms with Crippen LogP contribution in [0.15, 0.2) is 72.8 Å². The van der Waals surface area contributed by atoms with Gasteiger partial charge in [0.1, 0.15) is 17.3 Å². The molecule has 40 heavy (non-hydrogen) atoms. The third kappa shape index (κ3) is 5.48. The second-order valence-corrected chi connectivity index (χ2v) is 10.3. The molecule has 202 valence electrons. The Kier molecular flexibility index (Phi) is 7.20. The average molecular weight is 536 g/mol. The summed E-state index contributed by atoms with van der Waals surface area (Å²) in [5, 5.41) is 24.3. The van der Waals surface area contributed by atoms with Gasteiger partial charge in [-0.1, -0.05) is 43.2 Å². The van der Waals surface area contributed by atoms with Gasteiger partial charge < -0.3 is 16.8 Å². The molecule has 0 aliphatic heterocycles. The highest BCUT2D eigenvalue weighted by atomic mass is 19.1. The molecule has 1 fully saturated rings. The summed E-state index contributed by atoms with van der Waals surface area (Å²) in [6.45, 7) is 1.75. The van der Waals surface area contributed by atoms with Crippen molar-refractivity contribution in [3.05, 3.63) is 112 Å². The molecule has 1 atom stereocenters. The normalized spacial score (nSPS) is 14.2. The van der Waals surface area contributed by atoms with Crippen LogP contribution in [-0.4, -0.2) is 21.5 Å². The van der Waals surface area contributed by atoms with Crippen LogP contribution >= 0.6 is 0 Å². The summed E-state index contributed by atoms with van der Waals surface area (Å²) >= 11 is 0. The lowest BCUT2D eigenvalue weighted by molar-refractivity contribution is 0.101. The van der Waals surface area contributed by atoms with Crippen molar-refractivity contribution in [2.24, 2.45) is 17.4 Å². The summed E-state index contributed by atoms with van der Waals surface area (Å²) in [6, 6.07) is 22.3. The number of halogens is 1. The number of nitrogens with zero attached hydrogens (tertiary/aromatic N) is 3. The Bertz CT molecular complexity index is 1650. The van der Waals surface area contributed by atoms with E-state index in [0.29, 0.717) is 40.4 Å². The van der Waals surface area contributed by atoms with Crippen molar-refractivity contribution in [1.82, 2.24) is 9.78 Å². The van der Waals surface area contributed by atoms with E-state index in [1.165, 1.54) is 23.6 Å². The molecule has 6 N–H and O–H groups in total. The molecule has 0 bridgehead atoms. The molecular formula is C31H30FN7O. The molecule has 8 nitrogen and oxygen atoms in total. The highest BCUT2D eigenvalue weighted by Crippen LogP contribution is 2.40. The smallest absolute Gasteiger partial charge is 0.274 e. The second kappa shape index (κ2) is 10.8. The van der Waals surface area contributed by atoms with Crippen LogP contribution in [0.1, 0.15) is 64.1 Å². The van der Waals surface area contributed by atoms with Gasteiger partial charge in [0.15, 0.2) is 0 Å². The van der Waals surface area contributed by atoms with Gasteiger partial charge in [-0.2, -0.15) is 10.4 Å². The third-order valence-electron chi connectivity index (χ3n) is 7.35. The van der Waals surface area contributed by atoms with Crippen molar-refractivity contribution in [1.29, 1.82) is 10.7 Å². The van der Waals surface area contributed by atoms with Crippen LogP contribution in [0, 0.1) is 35.4 Å². The van der Waals surface area contributed by atoms with E-state index < -0.39 is 17.3 Å². The molecule has 0 spiro atoms. The largest absolute Gasteiger partial charge is 0.384 e. The van der Waals surface area contributed by atoms with Crippen LogP contribution < -0.4 is 16.8 Å². The topological polar surface area (TPSA) is 147 Å². The summed E-state index contributed by atoms with van der Waals surface area (Å²) < 4.78 is 16.5. The maximum absolute atomic E-state index is 15.1. The average Bonchev–Trinajstić information content (AvgIpc) is 3.71. The Labute approximate surface area is 231 Å². The SMILES string of the molecule is Cc1cc(C(=O)Nc2cc(C(N)(CCC3CC3)c3cccc(C#N)c3)ccc2F)n(-c2cccc(C(=N)N)c2)n1. The number of benzene rings is 3. The van der Waals surface area contributed by atoms with Crippen LogP contribution in [0.4, 0.5) is 10.1 Å². The number of amides is 1. The minimum Gasteiger partial charge on any atom is -0.384 e. The molecule has 1 heterocycles. The van der Waals surface area contributed by atoms with E-state index in [-0.39, 0.29) is 17.2 Å². The first-order valence-corrected chi connectivity index (χ1v) is 13.1. The Balaban J connectivity index is 1.49. The number of hydrogen-bond donors (Lipinski definition) is 4. The zero-order valence-corrected chi connectivity index (χ0v) is 22.1. The first kappa shape index (κ1) is 26.8. The van der Waals surface area contributed by atoms with Gasteiger partial charge >= 0.3 is 0 Å². The third-order valence-corrected chi connectivity index (χ3v) is 7.35. The monoisotopic (exact) mass is 535 g/mol. The number of nitrogens with two attached hydrogens (primary N) is 2. The van der Waals surface area contributed by atoms with Crippen molar-refractivity contribution >= 4 is 17.4 Å². The van der Waals surface area contributed by atoms with E-state index in [2.05, 4.69) is 16.5 Å². The molecule has 3 aromatic carbocycles. The number of nitrogen functional groups attached to an aromatic ring is 1. The Morgan fingerprint density at radius 1 is 1.15 bits per heavy atom. The number of hydrogen-bond acceptors (Lipinski definition) is 5. The highest BCUT2D eigenvalue weighted by Gasteiger charge is 2.34. The molecule has 9 heteroatoms. The molecule has 1 amide bonds. The van der Waals surface area contributed by atoms with Crippen LogP contribution in [0.25, 0.3) is 5.69 Å². The minimum absolute atomic E-state index is 0.0110. The lowest BCUT2D eigenvalue weighted by Crippen LogP contribution is -2.38. The fourth-order valence-corrected chi connectivity index (χ4v) is 4.91. The summed E-state index contributed by atoms with van der Waals surface area (Å²) in [4.78, 5) is 13.5. The van der Waals surface area contributed by atoms with Gasteiger partial charge in [0.2, 0.25) is 0 Å². The van der Waals surface area contributed by atoms with Gasteiger partial charge in [0, 0.05) is 5.56 Å². The zero-order chi connectivity index (χ0) is 28.4. The summed E-state index contributed by atoms with van der Waals surface area (Å²) in [7, 11) is 0. The van der Waals surface area contributed by atoms with Gasteiger partial charge in [-0.3, -0.25) is 10.2 Å². The molecule has 1 aliphatic rings. The molecule has 0 radical (unpaired) electrons. The Morgan fingerprint density at radius 3 is 2.62 bits per heavy atom. The number of rotatable bonds is 9. The van der Waals surface area contributed by atoms with Crippen LogP contribution in [-0.2, 0) is 5.54 Å². The molecule has 0 saturated heterocycles. The van der Waals surface area contributed by atoms with Gasteiger partial charge in [-0.15, -0.1) is 0 Å². The van der Waals surface area contributed by atoms with Gasteiger partial charge in [0.05, 0.1) is 34.2 Å². The molecule has 4 aromatic rings. The number of aryl methyl sites for hydroxylation is 1. The number of anilines is 1. The fraction of sp³-hybridized carbons (Fsp3) is 0.226. The zero-order valence-electron chi connectivity index (χ0n) is 22.1. The summed E-state index contributed by atoms with van der Waals surface area (Å²) in [5.41, 5.74) is 15.4. The Morgan fingerprint density at radius 2 is 1.90 bits per heavy atom. The number of nitriles is 1. The fourth-order valence-electron chi connectivity index (χ4n) is 4.91. The first-order chi connectivity index (χ1) is 19.2. The predicted molar refractivity (Wildman–Crippen MR) is 152 cm³/mol. The lowest BCUT2D eigenvalue weighted by atomic mass is 9.79. The second-order valence-electron chi connectivity index (χ2n) is 10.3. The number of carbonyl (C=O) groups excluding carboxylic acids is 1. The van der Waals surface area contributed by atoms with E-state index in [9.17, 15) is 10.1 Å². The van der Waals surface area contributed by atoms with Crippen LogP contribution in [0.3, 0.4) is 0 Å². The summed E-state index contributed by atoms with van der Waals surface area (Å²) in [6.07, 6.45) is 3.86. The maximum Gasteiger partial charge on any atom is 0.274 e. The molecule has 1 aromatic heterocycles. The number of aromatic nitrogens is 2. The van der Waals surface area contributed by atoms with Crippen molar-refractivity contribution in [2.45, 2.75) is 38.1 Å². The maximum atomic E-state index is 15.1. The van der Waals surface area contributed by atoms with Crippen molar-refractivity contribution < 1.29 is 9.18 Å².